The van der Waals surface area contributed by atoms with Crippen LogP contribution in [-0.4, -0.2) is 74.9 Å². The molecule has 1 aromatic heterocycles. The van der Waals surface area contributed by atoms with Gasteiger partial charge in [-0.1, -0.05) is 19.6 Å². The number of hydrogen-bond donors (Lipinski definition) is 0. The van der Waals surface area contributed by atoms with Crippen LogP contribution in [0.4, 0.5) is 5.82 Å². The van der Waals surface area contributed by atoms with Gasteiger partial charge in [0.25, 0.3) is 5.56 Å². The lowest BCUT2D eigenvalue weighted by atomic mass is 10.2. The molecule has 2 heterocycles. The van der Waals surface area contributed by atoms with Crippen LogP contribution in [0.5, 0.6) is 0 Å². The molecular weight excluding hydrogens is 388 g/mol. The van der Waals surface area contributed by atoms with Gasteiger partial charge in [0.1, 0.15) is 6.73 Å². The molecule has 2 rings (SSSR count). The average Bonchev–Trinajstić information content (AvgIpc) is 2.65. The van der Waals surface area contributed by atoms with E-state index in [1.54, 1.807) is 17.7 Å². The third-order valence-corrected chi connectivity index (χ3v) is 6.63. The zero-order valence-electron chi connectivity index (χ0n) is 18.6. The topological polar surface area (TPSA) is 76.9 Å². The zero-order valence-corrected chi connectivity index (χ0v) is 19.6. The fourth-order valence-corrected chi connectivity index (χ4v) is 3.78. The fraction of sp³-hybridized carbons (Fsp3) is 0.750. The van der Waals surface area contributed by atoms with E-state index in [1.807, 2.05) is 4.90 Å². The van der Waals surface area contributed by atoms with Crippen molar-refractivity contribution in [3.63, 3.8) is 0 Å². The van der Waals surface area contributed by atoms with Crippen molar-refractivity contribution in [2.24, 2.45) is 0 Å². The summed E-state index contributed by atoms with van der Waals surface area (Å²) in [6, 6.07) is 1.05. The van der Waals surface area contributed by atoms with E-state index < -0.39 is 8.07 Å². The summed E-state index contributed by atoms with van der Waals surface area (Å²) in [6.07, 6.45) is 2.40. The van der Waals surface area contributed by atoms with Crippen LogP contribution in [0.25, 0.3) is 0 Å². The van der Waals surface area contributed by atoms with Crippen molar-refractivity contribution in [1.29, 1.82) is 0 Å². The van der Waals surface area contributed by atoms with Crippen LogP contribution in [0.3, 0.4) is 0 Å². The molecule has 1 saturated heterocycles. The van der Waals surface area contributed by atoms with E-state index in [4.69, 9.17) is 9.47 Å². The van der Waals surface area contributed by atoms with Gasteiger partial charge in [-0.05, 0) is 20.0 Å². The molecule has 0 aromatic carbocycles. The van der Waals surface area contributed by atoms with E-state index in [1.165, 1.54) is 0 Å². The first kappa shape index (κ1) is 23.6. The number of rotatable bonds is 10. The Labute approximate surface area is 174 Å². The number of ether oxygens (including phenoxy) is 2. The molecule has 29 heavy (non-hydrogen) atoms. The molecule has 9 heteroatoms. The molecule has 0 spiro atoms. The minimum Gasteiger partial charge on any atom is -0.466 e. The largest absolute Gasteiger partial charge is 0.466 e. The Kier molecular flexibility index (Phi) is 8.85. The molecule has 1 aromatic rings. The van der Waals surface area contributed by atoms with Crippen molar-refractivity contribution >= 4 is 19.9 Å². The second-order valence-electron chi connectivity index (χ2n) is 8.77. The highest BCUT2D eigenvalue weighted by molar-refractivity contribution is 6.76. The number of nitrogens with zero attached hydrogens (tertiary/aromatic N) is 4. The van der Waals surface area contributed by atoms with Crippen molar-refractivity contribution < 1.29 is 14.3 Å². The van der Waals surface area contributed by atoms with E-state index in [0.717, 1.165) is 32.2 Å². The lowest BCUT2D eigenvalue weighted by molar-refractivity contribution is -0.143. The molecule has 1 fully saturated rings. The lowest BCUT2D eigenvalue weighted by Crippen LogP contribution is -2.47. The molecule has 0 saturated carbocycles. The highest BCUT2D eigenvalue weighted by Crippen LogP contribution is 2.12. The fourth-order valence-electron chi connectivity index (χ4n) is 3.02. The average molecular weight is 425 g/mol. The Morgan fingerprint density at radius 3 is 2.52 bits per heavy atom. The van der Waals surface area contributed by atoms with Gasteiger partial charge in [0.05, 0.1) is 18.7 Å². The highest BCUT2D eigenvalue weighted by Gasteiger charge is 2.21. The van der Waals surface area contributed by atoms with Gasteiger partial charge in [0.15, 0.2) is 5.82 Å². The first-order valence-electron chi connectivity index (χ1n) is 10.5. The highest BCUT2D eigenvalue weighted by atomic mass is 28.3. The number of aromatic nitrogens is 2. The third kappa shape index (κ3) is 7.91. The number of piperazine rings is 1. The SMILES string of the molecule is CCOC(=O)CCc1cn(COCC[Si](C)(C)C)c(=O)c(N2CCN(C)CC2)n1. The maximum absolute atomic E-state index is 13.0. The standard InChI is InChI=1S/C20H36N4O4Si/c1-6-28-18(25)8-7-17-15-24(16-27-13-14-29(3,4)5)20(26)19(21-17)23-11-9-22(2)10-12-23/h15H,6-14,16H2,1-5H3. The quantitative estimate of drug-likeness (QED) is 0.322. The predicted molar refractivity (Wildman–Crippen MR) is 117 cm³/mol. The van der Waals surface area contributed by atoms with Crippen LogP contribution in [0, 0.1) is 0 Å². The maximum Gasteiger partial charge on any atom is 0.306 e. The Hall–Kier alpha value is -1.71. The first-order valence-corrected chi connectivity index (χ1v) is 14.2. The summed E-state index contributed by atoms with van der Waals surface area (Å²) in [5.41, 5.74) is 0.572. The van der Waals surface area contributed by atoms with E-state index in [9.17, 15) is 9.59 Å². The second kappa shape index (κ2) is 10.9. The molecule has 164 valence electrons. The summed E-state index contributed by atoms with van der Waals surface area (Å²) in [5.74, 6) is 0.202. The molecule has 0 unspecified atom stereocenters. The van der Waals surface area contributed by atoms with Crippen molar-refractivity contribution in [3.05, 3.63) is 22.2 Å². The number of anilines is 1. The predicted octanol–water partition coefficient (Wildman–Crippen LogP) is 1.80. The minimum absolute atomic E-state index is 0.137. The van der Waals surface area contributed by atoms with Crippen LogP contribution < -0.4 is 10.5 Å². The minimum atomic E-state index is -1.19. The summed E-state index contributed by atoms with van der Waals surface area (Å²) in [5, 5.41) is 0. The van der Waals surface area contributed by atoms with Crippen molar-refractivity contribution in [2.45, 2.75) is 52.2 Å². The summed E-state index contributed by atoms with van der Waals surface area (Å²) < 4.78 is 12.4. The molecule has 1 aliphatic heterocycles. The number of esters is 1. The van der Waals surface area contributed by atoms with Crippen LogP contribution in [-0.2, 0) is 27.4 Å². The molecular formula is C20H36N4O4Si. The summed E-state index contributed by atoms with van der Waals surface area (Å²) >= 11 is 0. The first-order chi connectivity index (χ1) is 13.7. The Bertz CT molecular complexity index is 724. The van der Waals surface area contributed by atoms with Gasteiger partial charge >= 0.3 is 5.97 Å². The number of aryl methyl sites for hydroxylation is 1. The molecule has 0 atom stereocenters. The van der Waals surface area contributed by atoms with E-state index >= 15 is 0 Å². The number of likely N-dealkylation sites (N-methyl/N-ethyl adjacent to an activating group) is 1. The van der Waals surface area contributed by atoms with Crippen LogP contribution in [0.1, 0.15) is 19.0 Å². The summed E-state index contributed by atoms with van der Waals surface area (Å²) in [4.78, 5) is 33.6. The van der Waals surface area contributed by atoms with Crippen LogP contribution in [0.2, 0.25) is 25.7 Å². The van der Waals surface area contributed by atoms with Gasteiger partial charge in [-0.15, -0.1) is 0 Å². The van der Waals surface area contributed by atoms with Gasteiger partial charge in [-0.2, -0.15) is 0 Å². The Balaban J connectivity index is 2.16. The lowest BCUT2D eigenvalue weighted by Gasteiger charge is -2.33. The molecule has 0 bridgehead atoms. The number of hydrogen-bond acceptors (Lipinski definition) is 7. The van der Waals surface area contributed by atoms with Gasteiger partial charge < -0.3 is 19.3 Å². The van der Waals surface area contributed by atoms with Crippen molar-refractivity contribution in [1.82, 2.24) is 14.5 Å². The van der Waals surface area contributed by atoms with Crippen molar-refractivity contribution in [3.8, 4) is 0 Å². The van der Waals surface area contributed by atoms with Gasteiger partial charge in [-0.25, -0.2) is 4.98 Å². The van der Waals surface area contributed by atoms with E-state index in [2.05, 4.69) is 36.6 Å². The van der Waals surface area contributed by atoms with E-state index in [-0.39, 0.29) is 24.7 Å². The number of carbonyl (C=O) groups is 1. The Morgan fingerprint density at radius 1 is 1.21 bits per heavy atom. The zero-order chi connectivity index (χ0) is 21.4. The third-order valence-electron chi connectivity index (χ3n) is 4.93. The van der Waals surface area contributed by atoms with Gasteiger partial charge in [0.2, 0.25) is 0 Å². The summed E-state index contributed by atoms with van der Waals surface area (Å²) in [6.45, 7) is 13.2. The van der Waals surface area contributed by atoms with E-state index in [0.29, 0.717) is 31.1 Å². The summed E-state index contributed by atoms with van der Waals surface area (Å²) in [7, 11) is 0.888. The second-order valence-corrected chi connectivity index (χ2v) is 14.4. The van der Waals surface area contributed by atoms with Crippen LogP contribution in [0.15, 0.2) is 11.0 Å². The molecule has 0 N–H and O–H groups in total. The smallest absolute Gasteiger partial charge is 0.306 e. The van der Waals surface area contributed by atoms with Crippen molar-refractivity contribution in [2.75, 3.05) is 51.3 Å². The van der Waals surface area contributed by atoms with Gasteiger partial charge in [0, 0.05) is 53.5 Å². The van der Waals surface area contributed by atoms with Gasteiger partial charge in [-0.3, -0.25) is 14.2 Å². The monoisotopic (exact) mass is 424 g/mol. The number of carbonyl (C=O) groups excluding carboxylic acids is 1. The molecule has 1 aliphatic rings. The Morgan fingerprint density at radius 2 is 1.90 bits per heavy atom. The molecule has 8 nitrogen and oxygen atoms in total. The normalized spacial score (nSPS) is 15.6. The maximum atomic E-state index is 13.0. The van der Waals surface area contributed by atoms with Crippen LogP contribution >= 0.6 is 0 Å². The molecule has 0 aliphatic carbocycles. The molecule has 0 radical (unpaired) electrons. The molecule has 0 amide bonds.